The fourth-order valence-corrected chi connectivity index (χ4v) is 8.59. The van der Waals surface area contributed by atoms with E-state index in [-0.39, 0.29) is 41.2 Å². The molecule has 0 aliphatic carbocycles. The van der Waals surface area contributed by atoms with Crippen molar-refractivity contribution in [2.45, 2.75) is 62.9 Å². The van der Waals surface area contributed by atoms with E-state index in [9.17, 15) is 28.0 Å². The molecule has 4 aliphatic heterocycles. The first kappa shape index (κ1) is 28.0. The fourth-order valence-electron chi connectivity index (χ4n) is 7.13. The van der Waals surface area contributed by atoms with Crippen LogP contribution in [0.25, 0.3) is 0 Å². The zero-order chi connectivity index (χ0) is 27.9. The van der Waals surface area contributed by atoms with Gasteiger partial charge in [0, 0.05) is 58.2 Å². The van der Waals surface area contributed by atoms with Crippen molar-refractivity contribution in [3.05, 3.63) is 29.2 Å². The number of piperidine rings is 2. The van der Waals surface area contributed by atoms with Gasteiger partial charge in [0.15, 0.2) is 0 Å². The number of likely N-dealkylation sites (tertiary alicyclic amines) is 1. The van der Waals surface area contributed by atoms with Crippen molar-refractivity contribution in [2.75, 3.05) is 44.6 Å². The summed E-state index contributed by atoms with van der Waals surface area (Å²) in [5.74, 6) is 0.224. The number of aliphatic hydroxyl groups excluding tert-OH is 1. The molecule has 0 aromatic heterocycles. The van der Waals surface area contributed by atoms with Crippen LogP contribution in [0.4, 0.5) is 5.69 Å². The van der Waals surface area contributed by atoms with E-state index in [1.807, 2.05) is 16.8 Å². The summed E-state index contributed by atoms with van der Waals surface area (Å²) in [6, 6.07) is 5.69. The highest BCUT2D eigenvalue weighted by atomic mass is 32.2. The number of hydrazine groups is 1. The summed E-state index contributed by atoms with van der Waals surface area (Å²) in [6.07, 6.45) is 3.92. The third-order valence-electron chi connectivity index (χ3n) is 9.31. The van der Waals surface area contributed by atoms with Gasteiger partial charge in [0.2, 0.25) is 27.9 Å². The molecule has 2 N–H and O–H groups in total. The molecule has 4 fully saturated rings. The number of nitrogens with one attached hydrogen (secondary N) is 1. The molecule has 5 unspecified atom stereocenters. The quantitative estimate of drug-likeness (QED) is 0.505. The number of nitroso groups, excluding NO2 is 1. The first-order valence-corrected chi connectivity index (χ1v) is 15.5. The van der Waals surface area contributed by atoms with Gasteiger partial charge in [-0.05, 0) is 68.2 Å². The molecule has 0 spiro atoms. The fraction of sp³-hybridized carbons (Fsp3) is 0.704. The number of aliphatic hydroxyl groups is 1. The lowest BCUT2D eigenvalue weighted by atomic mass is 9.74. The summed E-state index contributed by atoms with van der Waals surface area (Å²) in [7, 11) is -3.63. The van der Waals surface area contributed by atoms with Crippen LogP contribution in [0.5, 0.6) is 0 Å². The maximum absolute atomic E-state index is 13.5. The van der Waals surface area contributed by atoms with Gasteiger partial charge in [-0.15, -0.1) is 5.01 Å². The van der Waals surface area contributed by atoms with Crippen molar-refractivity contribution in [1.29, 1.82) is 0 Å². The molecule has 12 heteroatoms. The number of amides is 2. The minimum Gasteiger partial charge on any atom is -0.396 e. The largest absolute Gasteiger partial charge is 0.396 e. The topological polar surface area (TPSA) is 130 Å². The van der Waals surface area contributed by atoms with Crippen LogP contribution in [0, 0.1) is 28.6 Å². The number of anilines is 1. The van der Waals surface area contributed by atoms with Crippen LogP contribution >= 0.6 is 0 Å². The Morgan fingerprint density at radius 1 is 1.03 bits per heavy atom. The van der Waals surface area contributed by atoms with E-state index in [0.717, 1.165) is 37.0 Å². The van der Waals surface area contributed by atoms with Crippen LogP contribution in [0.2, 0.25) is 0 Å². The summed E-state index contributed by atoms with van der Waals surface area (Å²) < 4.78 is 28.0. The lowest BCUT2D eigenvalue weighted by Crippen LogP contribution is -2.49. The van der Waals surface area contributed by atoms with Gasteiger partial charge in [-0.3, -0.25) is 9.59 Å². The third-order valence-corrected chi connectivity index (χ3v) is 11.2. The molecule has 2 amide bonds. The molecule has 0 bridgehead atoms. The summed E-state index contributed by atoms with van der Waals surface area (Å²) in [5.41, 5.74) is 0.555. The minimum atomic E-state index is -3.63. The predicted molar refractivity (Wildman–Crippen MR) is 144 cm³/mol. The van der Waals surface area contributed by atoms with Gasteiger partial charge in [0.25, 0.3) is 0 Å². The molecule has 4 saturated heterocycles. The molecule has 5 atom stereocenters. The van der Waals surface area contributed by atoms with Gasteiger partial charge >= 0.3 is 0 Å². The maximum atomic E-state index is 13.5. The Kier molecular flexibility index (Phi) is 7.98. The molecule has 39 heavy (non-hydrogen) atoms. The van der Waals surface area contributed by atoms with Gasteiger partial charge in [-0.25, -0.2) is 8.42 Å². The predicted octanol–water partition coefficient (Wildman–Crippen LogP) is 1.68. The highest BCUT2D eigenvalue weighted by Crippen LogP contribution is 2.42. The van der Waals surface area contributed by atoms with Crippen molar-refractivity contribution in [1.82, 2.24) is 14.2 Å². The molecular weight excluding hydrogens is 522 g/mol. The Labute approximate surface area is 230 Å². The molecule has 0 radical (unpaired) electrons. The SMILES string of the molecule is CC(=O)Nc1ccc(S(=O)(=O)N2CCC(C3CCN4C(C3)C(C(=O)N3CCC(CO)C3)C(C)[N+]4=O)CC2)cc1. The molecule has 1 aromatic carbocycles. The Bertz CT molecular complexity index is 1200. The van der Waals surface area contributed by atoms with Crippen LogP contribution in [-0.2, 0) is 19.6 Å². The number of hydrogen-bond donors (Lipinski definition) is 2. The number of hydrogen-bond acceptors (Lipinski definition) is 6. The van der Waals surface area contributed by atoms with Crippen LogP contribution in [-0.4, -0.2) is 95.8 Å². The number of fused-ring (bicyclic) bond motifs is 1. The van der Waals surface area contributed by atoms with E-state index in [4.69, 9.17) is 0 Å². The molecule has 11 nitrogen and oxygen atoms in total. The van der Waals surface area contributed by atoms with Gasteiger partial charge in [-0.1, -0.05) is 0 Å². The highest BCUT2D eigenvalue weighted by Gasteiger charge is 2.59. The van der Waals surface area contributed by atoms with E-state index in [1.54, 1.807) is 16.4 Å². The Balaban J connectivity index is 1.21. The van der Waals surface area contributed by atoms with Crippen LogP contribution in [0.15, 0.2) is 29.2 Å². The normalized spacial score (nSPS) is 30.4. The second-order valence-electron chi connectivity index (χ2n) is 11.7. The Hall–Kier alpha value is -2.57. The zero-order valence-electron chi connectivity index (χ0n) is 22.7. The summed E-state index contributed by atoms with van der Waals surface area (Å²) >= 11 is 0. The van der Waals surface area contributed by atoms with Gasteiger partial charge in [0.1, 0.15) is 16.8 Å². The number of carbonyl (C=O) groups is 2. The van der Waals surface area contributed by atoms with E-state index >= 15 is 0 Å². The lowest BCUT2D eigenvalue weighted by Gasteiger charge is -2.40. The van der Waals surface area contributed by atoms with Crippen LogP contribution in [0.3, 0.4) is 0 Å². The van der Waals surface area contributed by atoms with E-state index in [2.05, 4.69) is 5.32 Å². The highest BCUT2D eigenvalue weighted by molar-refractivity contribution is 7.89. The smallest absolute Gasteiger partial charge is 0.245 e. The number of carbonyl (C=O) groups excluding carboxylic acids is 2. The van der Waals surface area contributed by atoms with Crippen LogP contribution < -0.4 is 5.32 Å². The minimum absolute atomic E-state index is 0.0258. The first-order chi connectivity index (χ1) is 18.6. The van der Waals surface area contributed by atoms with Crippen molar-refractivity contribution < 1.29 is 28.0 Å². The third kappa shape index (κ3) is 5.43. The van der Waals surface area contributed by atoms with Gasteiger partial charge < -0.3 is 15.3 Å². The van der Waals surface area contributed by atoms with Crippen LogP contribution in [0.1, 0.15) is 46.0 Å². The van der Waals surface area contributed by atoms with Crippen molar-refractivity contribution in [2.24, 2.45) is 23.7 Å². The molecule has 214 valence electrons. The maximum Gasteiger partial charge on any atom is 0.245 e. The number of benzene rings is 1. The molecule has 4 aliphatic rings. The number of nitrogens with zero attached hydrogens (tertiary/aromatic N) is 4. The van der Waals surface area contributed by atoms with Crippen molar-refractivity contribution in [3.63, 3.8) is 0 Å². The Morgan fingerprint density at radius 2 is 1.69 bits per heavy atom. The number of sulfonamides is 1. The van der Waals surface area contributed by atoms with E-state index in [1.165, 1.54) is 19.1 Å². The molecule has 4 heterocycles. The van der Waals surface area contributed by atoms with Gasteiger partial charge in [0.05, 0.1) is 16.3 Å². The van der Waals surface area contributed by atoms with E-state index < -0.39 is 16.1 Å². The summed E-state index contributed by atoms with van der Waals surface area (Å²) in [5, 5.41) is 14.0. The second-order valence-corrected chi connectivity index (χ2v) is 13.6. The molecule has 1 aromatic rings. The monoisotopic (exact) mass is 562 g/mol. The first-order valence-electron chi connectivity index (χ1n) is 14.1. The van der Waals surface area contributed by atoms with Crippen molar-refractivity contribution in [3.8, 4) is 0 Å². The molecule has 5 rings (SSSR count). The average Bonchev–Trinajstić information content (AvgIpc) is 3.51. The zero-order valence-corrected chi connectivity index (χ0v) is 23.6. The van der Waals surface area contributed by atoms with Gasteiger partial charge in [-0.2, -0.15) is 4.31 Å². The number of rotatable bonds is 6. The summed E-state index contributed by atoms with van der Waals surface area (Å²) in [6.45, 7) is 6.00. The van der Waals surface area contributed by atoms with Crippen molar-refractivity contribution >= 4 is 27.5 Å². The summed E-state index contributed by atoms with van der Waals surface area (Å²) in [4.78, 5) is 40.8. The van der Waals surface area contributed by atoms with E-state index in [0.29, 0.717) is 50.2 Å². The second kappa shape index (κ2) is 11.1. The Morgan fingerprint density at radius 3 is 2.31 bits per heavy atom. The molecule has 0 saturated carbocycles. The standard InChI is InChI=1S/C27H39N5O6S/c1-18-26(27(35)29-11-7-20(16-29)17-33)25-15-22(10-14-31(25)32(18)36)21-8-12-30(13-9-21)39(37,38)24-5-3-23(4-6-24)28-19(2)34/h3-6,18,20-22,25-26,33H,7-17H2,1-2H3/p+1. The average molecular weight is 563 g/mol. The molecular formula is C27H40N5O6S+. The lowest BCUT2D eigenvalue weighted by molar-refractivity contribution is -0.716.